The van der Waals surface area contributed by atoms with Gasteiger partial charge >= 0.3 is 0 Å². The van der Waals surface area contributed by atoms with Crippen molar-refractivity contribution in [2.24, 2.45) is 0 Å². The Morgan fingerprint density at radius 1 is 1.54 bits per heavy atom. The van der Waals surface area contributed by atoms with Crippen molar-refractivity contribution in [1.82, 2.24) is 9.97 Å². The lowest BCUT2D eigenvalue weighted by molar-refractivity contribution is 1.23. The molecule has 2 nitrogen and oxygen atoms in total. The number of H-pyrrole nitrogens is 1. The van der Waals surface area contributed by atoms with Crippen molar-refractivity contribution in [1.29, 1.82) is 0 Å². The van der Waals surface area contributed by atoms with Crippen LogP contribution in [-0.2, 0) is 0 Å². The molecule has 2 rings (SSSR count). The number of nitrogens with one attached hydrogen (secondary N) is 1. The molecular formula is C9H9ClN2S. The van der Waals surface area contributed by atoms with Gasteiger partial charge in [-0.05, 0) is 19.2 Å². The highest BCUT2D eigenvalue weighted by Crippen LogP contribution is 2.31. The zero-order valence-corrected chi connectivity index (χ0v) is 8.96. The van der Waals surface area contributed by atoms with Crippen molar-refractivity contribution < 1.29 is 0 Å². The second-order valence-corrected chi connectivity index (χ2v) is 3.98. The molecule has 0 aliphatic heterocycles. The third-order valence-electron chi connectivity index (χ3n) is 2.01. The van der Waals surface area contributed by atoms with Gasteiger partial charge in [-0.15, -0.1) is 11.8 Å². The highest BCUT2D eigenvalue weighted by atomic mass is 35.5. The second kappa shape index (κ2) is 3.24. The first kappa shape index (κ1) is 8.91. The van der Waals surface area contributed by atoms with Gasteiger partial charge in [0.2, 0.25) is 0 Å². The summed E-state index contributed by atoms with van der Waals surface area (Å²) in [6.07, 6.45) is 3.79. The van der Waals surface area contributed by atoms with E-state index in [1.165, 1.54) is 4.90 Å². The van der Waals surface area contributed by atoms with Crippen molar-refractivity contribution in [2.75, 3.05) is 6.26 Å². The van der Waals surface area contributed by atoms with Crippen LogP contribution in [0.25, 0.3) is 10.9 Å². The van der Waals surface area contributed by atoms with Gasteiger partial charge in [0.15, 0.2) is 5.15 Å². The predicted octanol–water partition coefficient (Wildman–Crippen LogP) is 3.25. The van der Waals surface area contributed by atoms with E-state index >= 15 is 0 Å². The Hall–Kier alpha value is -0.670. The third kappa shape index (κ3) is 1.32. The van der Waals surface area contributed by atoms with Gasteiger partial charge in [-0.3, -0.25) is 0 Å². The predicted molar refractivity (Wildman–Crippen MR) is 57.6 cm³/mol. The maximum atomic E-state index is 5.95. The Morgan fingerprint density at radius 2 is 2.31 bits per heavy atom. The van der Waals surface area contributed by atoms with E-state index in [1.54, 1.807) is 18.0 Å². The molecule has 0 fully saturated rings. The highest BCUT2D eigenvalue weighted by Gasteiger charge is 2.09. The first-order valence-electron chi connectivity index (χ1n) is 3.91. The third-order valence-corrected chi connectivity index (χ3v) is 3.23. The molecule has 1 N–H and O–H groups in total. The summed E-state index contributed by atoms with van der Waals surface area (Å²) in [4.78, 5) is 8.50. The summed E-state index contributed by atoms with van der Waals surface area (Å²) < 4.78 is 0. The van der Waals surface area contributed by atoms with Crippen LogP contribution in [0.1, 0.15) is 5.69 Å². The fourth-order valence-corrected chi connectivity index (χ4v) is 2.41. The van der Waals surface area contributed by atoms with Gasteiger partial charge in [0, 0.05) is 22.2 Å². The smallest absolute Gasteiger partial charge is 0.153 e. The fraction of sp³-hybridized carbons (Fsp3) is 0.222. The maximum absolute atomic E-state index is 5.95. The highest BCUT2D eigenvalue weighted by molar-refractivity contribution is 7.98. The first-order valence-corrected chi connectivity index (χ1v) is 5.51. The number of aromatic amines is 1. The molecule has 0 amide bonds. The van der Waals surface area contributed by atoms with Crippen LogP contribution >= 0.6 is 23.4 Å². The number of fused-ring (bicyclic) bond motifs is 1. The van der Waals surface area contributed by atoms with E-state index in [4.69, 9.17) is 11.6 Å². The zero-order valence-electron chi connectivity index (χ0n) is 7.39. The molecule has 2 heterocycles. The van der Waals surface area contributed by atoms with Crippen molar-refractivity contribution in [2.45, 2.75) is 11.8 Å². The first-order chi connectivity index (χ1) is 6.24. The van der Waals surface area contributed by atoms with E-state index in [1.807, 2.05) is 13.0 Å². The molecule has 2 aromatic rings. The lowest BCUT2D eigenvalue weighted by Crippen LogP contribution is -1.75. The molecule has 0 unspecified atom stereocenters. The van der Waals surface area contributed by atoms with Gasteiger partial charge in [-0.2, -0.15) is 0 Å². The maximum Gasteiger partial charge on any atom is 0.153 e. The standard InChI is InChI=1S/C9H9ClN2S/c1-5-8(13-2)6-3-4-11-9(10)7(6)12-5/h3-4,12H,1-2H3. The van der Waals surface area contributed by atoms with Crippen LogP contribution in [0.3, 0.4) is 0 Å². The number of thioether (sulfide) groups is 1. The Kier molecular flexibility index (Phi) is 2.22. The molecule has 0 aromatic carbocycles. The van der Waals surface area contributed by atoms with E-state index in [0.717, 1.165) is 16.6 Å². The largest absolute Gasteiger partial charge is 0.355 e. The molecule has 0 spiro atoms. The van der Waals surface area contributed by atoms with E-state index in [-0.39, 0.29) is 0 Å². The van der Waals surface area contributed by atoms with Gasteiger partial charge in [-0.25, -0.2) is 4.98 Å². The minimum atomic E-state index is 0.543. The van der Waals surface area contributed by atoms with Gasteiger partial charge in [-0.1, -0.05) is 11.6 Å². The van der Waals surface area contributed by atoms with Gasteiger partial charge in [0.05, 0.1) is 5.52 Å². The molecule has 0 aliphatic rings. The SMILES string of the molecule is CSc1c(C)[nH]c2c(Cl)nccc12. The molecule has 0 saturated heterocycles. The summed E-state index contributed by atoms with van der Waals surface area (Å²) in [7, 11) is 0. The van der Waals surface area contributed by atoms with Crippen molar-refractivity contribution in [3.63, 3.8) is 0 Å². The average molecular weight is 213 g/mol. The minimum Gasteiger partial charge on any atom is -0.355 e. The fourth-order valence-electron chi connectivity index (χ4n) is 1.45. The van der Waals surface area contributed by atoms with Gasteiger partial charge in [0.25, 0.3) is 0 Å². The Balaban J connectivity index is 2.86. The number of rotatable bonds is 1. The molecule has 0 bridgehead atoms. The van der Waals surface area contributed by atoms with Crippen LogP contribution in [0, 0.1) is 6.92 Å². The summed E-state index contributed by atoms with van der Waals surface area (Å²) in [5.74, 6) is 0. The summed E-state index contributed by atoms with van der Waals surface area (Å²) in [5, 5.41) is 1.70. The van der Waals surface area contributed by atoms with E-state index in [9.17, 15) is 0 Å². The number of aryl methyl sites for hydroxylation is 1. The second-order valence-electron chi connectivity index (χ2n) is 2.81. The van der Waals surface area contributed by atoms with Crippen LogP contribution in [0.2, 0.25) is 5.15 Å². The Bertz CT molecular complexity index is 450. The summed E-state index contributed by atoms with van der Waals surface area (Å²) in [6, 6.07) is 1.98. The van der Waals surface area contributed by atoms with E-state index < -0.39 is 0 Å². The average Bonchev–Trinajstić information content (AvgIpc) is 2.43. The van der Waals surface area contributed by atoms with Gasteiger partial charge in [0.1, 0.15) is 0 Å². The van der Waals surface area contributed by atoms with Crippen LogP contribution < -0.4 is 0 Å². The normalized spacial score (nSPS) is 11.0. The summed E-state index contributed by atoms with van der Waals surface area (Å²) in [6.45, 7) is 2.04. The topological polar surface area (TPSA) is 28.7 Å². The van der Waals surface area contributed by atoms with Crippen LogP contribution in [0.4, 0.5) is 0 Å². The number of halogens is 1. The summed E-state index contributed by atoms with van der Waals surface area (Å²) >= 11 is 7.67. The summed E-state index contributed by atoms with van der Waals surface area (Å²) in [5.41, 5.74) is 2.09. The Labute approximate surface area is 85.7 Å². The number of pyridine rings is 1. The van der Waals surface area contributed by atoms with Crippen molar-refractivity contribution in [3.05, 3.63) is 23.1 Å². The van der Waals surface area contributed by atoms with Gasteiger partial charge < -0.3 is 4.98 Å². The molecule has 0 atom stereocenters. The Morgan fingerprint density at radius 3 is 3.00 bits per heavy atom. The number of nitrogens with zero attached hydrogens (tertiary/aromatic N) is 1. The van der Waals surface area contributed by atoms with Crippen LogP contribution in [0.15, 0.2) is 17.2 Å². The van der Waals surface area contributed by atoms with Crippen LogP contribution in [-0.4, -0.2) is 16.2 Å². The molecule has 4 heteroatoms. The molecule has 13 heavy (non-hydrogen) atoms. The molecule has 0 aliphatic carbocycles. The van der Waals surface area contributed by atoms with Crippen molar-refractivity contribution >= 4 is 34.3 Å². The molecular weight excluding hydrogens is 204 g/mol. The molecule has 68 valence electrons. The zero-order chi connectivity index (χ0) is 9.42. The monoisotopic (exact) mass is 212 g/mol. The lowest BCUT2D eigenvalue weighted by Gasteiger charge is -1.94. The number of aromatic nitrogens is 2. The molecule has 2 aromatic heterocycles. The van der Waals surface area contributed by atoms with Crippen LogP contribution in [0.5, 0.6) is 0 Å². The number of hydrogen-bond acceptors (Lipinski definition) is 2. The molecule has 0 radical (unpaired) electrons. The van der Waals surface area contributed by atoms with Crippen molar-refractivity contribution in [3.8, 4) is 0 Å². The van der Waals surface area contributed by atoms with E-state index in [2.05, 4.69) is 16.2 Å². The molecule has 0 saturated carbocycles. The number of hydrogen-bond donors (Lipinski definition) is 1. The lowest BCUT2D eigenvalue weighted by atomic mass is 10.3. The van der Waals surface area contributed by atoms with E-state index in [0.29, 0.717) is 5.15 Å². The minimum absolute atomic E-state index is 0.543. The quantitative estimate of drug-likeness (QED) is 0.581.